The fourth-order valence-electron chi connectivity index (χ4n) is 1.76. The largest absolute Gasteiger partial charge is 0.381 e. The summed E-state index contributed by atoms with van der Waals surface area (Å²) in [5, 5.41) is 6.48. The summed E-state index contributed by atoms with van der Waals surface area (Å²) in [5.74, 6) is -0.138. The molecule has 2 aromatic carbocycles. The lowest BCUT2D eigenvalue weighted by molar-refractivity contribution is -0.114. The van der Waals surface area contributed by atoms with E-state index < -0.39 is 0 Å². The van der Waals surface area contributed by atoms with Crippen molar-refractivity contribution in [2.75, 3.05) is 10.6 Å². The molecule has 20 heavy (non-hydrogen) atoms. The zero-order valence-corrected chi connectivity index (χ0v) is 13.3. The van der Waals surface area contributed by atoms with Crippen LogP contribution in [0, 0.1) is 0 Å². The zero-order valence-electron chi connectivity index (χ0n) is 10.9. The van der Waals surface area contributed by atoms with Gasteiger partial charge in [-0.1, -0.05) is 45.7 Å². The topological polar surface area (TPSA) is 41.1 Å². The van der Waals surface area contributed by atoms with Gasteiger partial charge in [-0.05, 0) is 29.8 Å². The molecular weight excluding hydrogens is 340 g/mol. The van der Waals surface area contributed by atoms with E-state index >= 15 is 0 Å². The van der Waals surface area contributed by atoms with E-state index in [-0.39, 0.29) is 5.91 Å². The highest BCUT2D eigenvalue weighted by Crippen LogP contribution is 2.26. The summed E-state index contributed by atoms with van der Waals surface area (Å²) in [6, 6.07) is 13.5. The first-order valence-electron chi connectivity index (χ1n) is 6.10. The van der Waals surface area contributed by atoms with Crippen LogP contribution in [0.4, 0.5) is 11.4 Å². The first-order chi connectivity index (χ1) is 9.56. The highest BCUT2D eigenvalue weighted by atomic mass is 79.9. The van der Waals surface area contributed by atoms with Gasteiger partial charge in [0.25, 0.3) is 0 Å². The van der Waals surface area contributed by atoms with E-state index in [2.05, 4.69) is 26.6 Å². The number of nitrogens with one attached hydrogen (secondary N) is 2. The van der Waals surface area contributed by atoms with Gasteiger partial charge in [-0.15, -0.1) is 0 Å². The summed E-state index contributed by atoms with van der Waals surface area (Å²) >= 11 is 9.63. The second-order valence-corrected chi connectivity index (χ2v) is 5.58. The highest BCUT2D eigenvalue weighted by molar-refractivity contribution is 9.10. The molecule has 3 nitrogen and oxygen atoms in total. The van der Waals surface area contributed by atoms with Crippen LogP contribution in [0.25, 0.3) is 0 Å². The van der Waals surface area contributed by atoms with Crippen molar-refractivity contribution in [2.45, 2.75) is 13.5 Å². The number of amides is 1. The van der Waals surface area contributed by atoms with Crippen LogP contribution in [0.2, 0.25) is 5.02 Å². The standard InChI is InChI=1S/C15H14BrClN2O/c1-10(20)19-15-7-6-12(8-14(15)17)18-9-11-4-2-3-5-13(11)16/h2-8,18H,9H2,1H3,(H,19,20). The fourth-order valence-corrected chi connectivity index (χ4v) is 2.41. The van der Waals surface area contributed by atoms with Crippen LogP contribution < -0.4 is 10.6 Å². The lowest BCUT2D eigenvalue weighted by Gasteiger charge is -2.10. The third-order valence-corrected chi connectivity index (χ3v) is 3.81. The summed E-state index contributed by atoms with van der Waals surface area (Å²) in [6.45, 7) is 2.15. The molecule has 0 bridgehead atoms. The second kappa shape index (κ2) is 6.77. The van der Waals surface area contributed by atoms with Gasteiger partial charge in [-0.2, -0.15) is 0 Å². The Kier molecular flexibility index (Phi) is 5.04. The van der Waals surface area contributed by atoms with Gasteiger partial charge in [0.1, 0.15) is 0 Å². The fraction of sp³-hybridized carbons (Fsp3) is 0.133. The lowest BCUT2D eigenvalue weighted by atomic mass is 10.2. The van der Waals surface area contributed by atoms with E-state index in [1.54, 1.807) is 12.1 Å². The minimum Gasteiger partial charge on any atom is -0.381 e. The maximum atomic E-state index is 11.0. The number of halogens is 2. The predicted octanol–water partition coefficient (Wildman–Crippen LogP) is 4.67. The Morgan fingerprint density at radius 3 is 2.65 bits per heavy atom. The van der Waals surface area contributed by atoms with Gasteiger partial charge < -0.3 is 10.6 Å². The van der Waals surface area contributed by atoms with E-state index in [9.17, 15) is 4.79 Å². The van der Waals surface area contributed by atoms with Crippen molar-refractivity contribution in [3.63, 3.8) is 0 Å². The van der Waals surface area contributed by atoms with Crippen molar-refractivity contribution < 1.29 is 4.79 Å². The molecule has 0 fully saturated rings. The highest BCUT2D eigenvalue weighted by Gasteiger charge is 2.04. The first kappa shape index (κ1) is 14.9. The SMILES string of the molecule is CC(=O)Nc1ccc(NCc2ccccc2Br)cc1Cl. The number of carbonyl (C=O) groups excluding carboxylic acids is 1. The van der Waals surface area contributed by atoms with Crippen LogP contribution in [0.5, 0.6) is 0 Å². The molecule has 0 unspecified atom stereocenters. The summed E-state index contributed by atoms with van der Waals surface area (Å²) < 4.78 is 1.06. The summed E-state index contributed by atoms with van der Waals surface area (Å²) in [6.07, 6.45) is 0. The third kappa shape index (κ3) is 3.99. The zero-order chi connectivity index (χ0) is 14.5. The minimum atomic E-state index is -0.138. The molecule has 0 atom stereocenters. The number of anilines is 2. The second-order valence-electron chi connectivity index (χ2n) is 4.32. The number of hydrogen-bond donors (Lipinski definition) is 2. The number of rotatable bonds is 4. The quantitative estimate of drug-likeness (QED) is 0.838. The number of carbonyl (C=O) groups is 1. The molecular formula is C15H14BrClN2O. The average molecular weight is 354 g/mol. The van der Waals surface area contributed by atoms with E-state index in [0.29, 0.717) is 17.3 Å². The van der Waals surface area contributed by atoms with Crippen LogP contribution in [-0.4, -0.2) is 5.91 Å². The lowest BCUT2D eigenvalue weighted by Crippen LogP contribution is -2.06. The molecule has 2 N–H and O–H groups in total. The molecule has 0 aliphatic heterocycles. The van der Waals surface area contributed by atoms with Crippen molar-refractivity contribution in [1.82, 2.24) is 0 Å². The van der Waals surface area contributed by atoms with E-state index in [1.165, 1.54) is 6.92 Å². The normalized spacial score (nSPS) is 10.2. The average Bonchev–Trinajstić information content (AvgIpc) is 2.40. The third-order valence-electron chi connectivity index (χ3n) is 2.72. The molecule has 0 radical (unpaired) electrons. The molecule has 0 aliphatic rings. The molecule has 2 rings (SSSR count). The van der Waals surface area contributed by atoms with Crippen molar-refractivity contribution in [3.8, 4) is 0 Å². The molecule has 5 heteroatoms. The van der Waals surface area contributed by atoms with Gasteiger partial charge in [0.05, 0.1) is 10.7 Å². The van der Waals surface area contributed by atoms with Crippen LogP contribution in [0.3, 0.4) is 0 Å². The Morgan fingerprint density at radius 1 is 1.25 bits per heavy atom. The minimum absolute atomic E-state index is 0.138. The molecule has 104 valence electrons. The molecule has 2 aromatic rings. The molecule has 0 spiro atoms. The Labute approximate surface area is 131 Å². The van der Waals surface area contributed by atoms with Gasteiger partial charge >= 0.3 is 0 Å². The maximum absolute atomic E-state index is 11.0. The Morgan fingerprint density at radius 2 is 2.00 bits per heavy atom. The van der Waals surface area contributed by atoms with Crippen LogP contribution in [0.1, 0.15) is 12.5 Å². The maximum Gasteiger partial charge on any atom is 0.221 e. The van der Waals surface area contributed by atoms with E-state index in [0.717, 1.165) is 15.7 Å². The van der Waals surface area contributed by atoms with Crippen molar-refractivity contribution >= 4 is 44.8 Å². The summed E-state index contributed by atoms with van der Waals surface area (Å²) in [5.41, 5.74) is 2.68. The molecule has 0 heterocycles. The molecule has 0 aliphatic carbocycles. The van der Waals surface area contributed by atoms with Gasteiger partial charge in [-0.25, -0.2) is 0 Å². The van der Waals surface area contributed by atoms with Crippen molar-refractivity contribution in [3.05, 3.63) is 57.5 Å². The molecule has 0 aromatic heterocycles. The number of hydrogen-bond acceptors (Lipinski definition) is 2. The van der Waals surface area contributed by atoms with Gasteiger partial charge in [0, 0.05) is 23.6 Å². The van der Waals surface area contributed by atoms with Crippen molar-refractivity contribution in [1.29, 1.82) is 0 Å². The Balaban J connectivity index is 2.06. The van der Waals surface area contributed by atoms with E-state index in [1.807, 2.05) is 30.3 Å². The van der Waals surface area contributed by atoms with Crippen molar-refractivity contribution in [2.24, 2.45) is 0 Å². The molecule has 0 saturated heterocycles. The van der Waals surface area contributed by atoms with Gasteiger partial charge in [0.2, 0.25) is 5.91 Å². The monoisotopic (exact) mass is 352 g/mol. The van der Waals surface area contributed by atoms with Crippen LogP contribution >= 0.6 is 27.5 Å². The molecule has 0 saturated carbocycles. The Bertz CT molecular complexity index is 631. The summed E-state index contributed by atoms with van der Waals surface area (Å²) in [7, 11) is 0. The van der Waals surface area contributed by atoms with Gasteiger partial charge in [0.15, 0.2) is 0 Å². The summed E-state index contributed by atoms with van der Waals surface area (Å²) in [4.78, 5) is 11.0. The van der Waals surface area contributed by atoms with Gasteiger partial charge in [-0.3, -0.25) is 4.79 Å². The van der Waals surface area contributed by atoms with Crippen LogP contribution in [0.15, 0.2) is 46.9 Å². The van der Waals surface area contributed by atoms with E-state index in [4.69, 9.17) is 11.6 Å². The van der Waals surface area contributed by atoms with Crippen LogP contribution in [-0.2, 0) is 11.3 Å². The smallest absolute Gasteiger partial charge is 0.221 e. The predicted molar refractivity (Wildman–Crippen MR) is 87.2 cm³/mol. The Hall–Kier alpha value is -1.52. The molecule has 1 amide bonds. The first-order valence-corrected chi connectivity index (χ1v) is 7.28. The number of benzene rings is 2.